The lowest BCUT2D eigenvalue weighted by Crippen LogP contribution is -2.19. The highest BCUT2D eigenvalue weighted by Crippen LogP contribution is 2.36. The molecule has 1 aromatic carbocycles. The monoisotopic (exact) mass is 617 g/mol. The van der Waals surface area contributed by atoms with Crippen molar-refractivity contribution in [1.82, 2.24) is 10.6 Å². The van der Waals surface area contributed by atoms with Crippen molar-refractivity contribution >= 4 is 41.7 Å². The van der Waals surface area contributed by atoms with Crippen molar-refractivity contribution in [3.8, 4) is 0 Å². The van der Waals surface area contributed by atoms with Crippen LogP contribution in [0.2, 0.25) is 5.02 Å². The molecule has 5 N–H and O–H groups in total. The van der Waals surface area contributed by atoms with E-state index in [0.717, 1.165) is 12.1 Å². The van der Waals surface area contributed by atoms with Crippen LogP contribution in [0.3, 0.4) is 0 Å². The number of nitrogens with one attached hydrogen (secondary N) is 3. The van der Waals surface area contributed by atoms with E-state index in [0.29, 0.717) is 54.9 Å². The number of carbonyl (C=O) groups is 2. The lowest BCUT2D eigenvalue weighted by Gasteiger charge is -2.19. The zero-order valence-electron chi connectivity index (χ0n) is 25.5. The van der Waals surface area contributed by atoms with E-state index < -0.39 is 11.9 Å². The molecule has 1 heterocycles. The maximum atomic E-state index is 13.9. The first kappa shape index (κ1) is 40.9. The zero-order valence-corrected chi connectivity index (χ0v) is 27.0. The molecule has 234 valence electrons. The fraction of sp³-hybridized carbons (Fsp3) is 0.548. The number of amides is 2. The van der Waals surface area contributed by atoms with Gasteiger partial charge in [-0.15, -0.1) is 0 Å². The van der Waals surface area contributed by atoms with Gasteiger partial charge in [-0.05, 0) is 60.9 Å². The standard InChI is InChI=1S/C18H19Cl2FN2O.C6H13NO3.C5H12.C2H6/c1-2-3-4-13(19)6-5-12-9-22-10-15(12)14-7-17(21)16(20)8-18(14)23-11-24;8-4-2-6(10)1-3-7-5-9;1-5(2,3)4;1-2/h2-8,11-12,15,22H,9-10H2,1H3,(H,23,24);5-6,8,10H,1-4H2,(H,7,9);1-4H3;1-2H3/b3-2-,6-5+,13-4+;;;/t12-,15?;;;/m0.../s1. The van der Waals surface area contributed by atoms with Gasteiger partial charge in [0.15, 0.2) is 0 Å². The van der Waals surface area contributed by atoms with E-state index in [9.17, 15) is 14.0 Å². The topological polar surface area (TPSA) is 111 Å². The smallest absolute Gasteiger partial charge is 0.211 e. The molecule has 1 aromatic rings. The van der Waals surface area contributed by atoms with Crippen LogP contribution in [0.15, 0.2) is 47.5 Å². The van der Waals surface area contributed by atoms with Crippen LogP contribution in [0.5, 0.6) is 0 Å². The fourth-order valence-corrected chi connectivity index (χ4v) is 3.67. The molecular weight excluding hydrogens is 568 g/mol. The lowest BCUT2D eigenvalue weighted by molar-refractivity contribution is -0.109. The highest BCUT2D eigenvalue weighted by atomic mass is 35.5. The number of halogens is 3. The molecule has 0 aliphatic carbocycles. The van der Waals surface area contributed by atoms with Crippen LogP contribution >= 0.6 is 23.2 Å². The Kier molecular flexibility index (Phi) is 24.3. The van der Waals surface area contributed by atoms with Gasteiger partial charge in [-0.3, -0.25) is 9.59 Å². The Labute approximate surface area is 256 Å². The molecule has 1 saturated heterocycles. The summed E-state index contributed by atoms with van der Waals surface area (Å²) in [5, 5.41) is 26.2. The van der Waals surface area contributed by atoms with Crippen LogP contribution in [0, 0.1) is 17.2 Å². The van der Waals surface area contributed by atoms with Gasteiger partial charge < -0.3 is 26.2 Å². The van der Waals surface area contributed by atoms with Crippen LogP contribution in [0.25, 0.3) is 0 Å². The molecule has 1 aliphatic rings. The van der Waals surface area contributed by atoms with E-state index >= 15 is 0 Å². The zero-order chi connectivity index (χ0) is 31.8. The summed E-state index contributed by atoms with van der Waals surface area (Å²) in [5.41, 5.74) is 1.75. The molecule has 3 atom stereocenters. The predicted octanol–water partition coefficient (Wildman–Crippen LogP) is 6.55. The van der Waals surface area contributed by atoms with E-state index in [2.05, 4.69) is 43.6 Å². The second kappa shape index (κ2) is 24.4. The third kappa shape index (κ3) is 21.2. The Morgan fingerprint density at radius 1 is 1.17 bits per heavy atom. The van der Waals surface area contributed by atoms with Gasteiger partial charge in [-0.25, -0.2) is 4.39 Å². The molecule has 0 aromatic heterocycles. The van der Waals surface area contributed by atoms with Gasteiger partial charge >= 0.3 is 0 Å². The maximum Gasteiger partial charge on any atom is 0.211 e. The first-order chi connectivity index (χ1) is 19.4. The molecule has 1 fully saturated rings. The van der Waals surface area contributed by atoms with Crippen molar-refractivity contribution in [1.29, 1.82) is 0 Å². The van der Waals surface area contributed by atoms with Crippen molar-refractivity contribution in [3.05, 3.63) is 63.9 Å². The van der Waals surface area contributed by atoms with Crippen LogP contribution in [0.4, 0.5) is 10.1 Å². The number of aliphatic hydroxyl groups is 2. The Bertz CT molecular complexity index is 944. The highest BCUT2D eigenvalue weighted by molar-refractivity contribution is 6.31. The molecule has 2 unspecified atom stereocenters. The minimum Gasteiger partial charge on any atom is -0.396 e. The van der Waals surface area contributed by atoms with Crippen LogP contribution in [-0.4, -0.2) is 55.4 Å². The molecule has 1 aliphatic heterocycles. The third-order valence-electron chi connectivity index (χ3n) is 5.09. The SMILES string of the molecule is CC.CC(C)(C)C.C\C=C/C=C(Cl)\C=C\[C@H]1CNCC1c1cc(F)c(Cl)cc1NC=O.O=CNCCC(O)CCO. The fourth-order valence-electron chi connectivity index (χ4n) is 3.36. The van der Waals surface area contributed by atoms with E-state index in [1.807, 2.05) is 45.1 Å². The number of hydrogen-bond acceptors (Lipinski definition) is 5. The number of allylic oxidation sites excluding steroid dienone is 5. The van der Waals surface area contributed by atoms with Crippen molar-refractivity contribution in [3.63, 3.8) is 0 Å². The first-order valence-electron chi connectivity index (χ1n) is 13.9. The summed E-state index contributed by atoms with van der Waals surface area (Å²) in [5.74, 6) is -0.351. The van der Waals surface area contributed by atoms with Gasteiger partial charge in [0, 0.05) is 42.9 Å². The lowest BCUT2D eigenvalue weighted by atomic mass is 9.87. The molecule has 2 amide bonds. The normalized spacial score (nSPS) is 17.4. The number of hydrogen-bond donors (Lipinski definition) is 5. The summed E-state index contributed by atoms with van der Waals surface area (Å²) >= 11 is 11.9. The van der Waals surface area contributed by atoms with Crippen molar-refractivity contribution in [2.45, 2.75) is 73.3 Å². The minimum atomic E-state index is -0.502. The molecule has 2 rings (SSSR count). The number of carbonyl (C=O) groups excluding carboxylic acids is 2. The second-order valence-corrected chi connectivity index (χ2v) is 11.4. The average molecular weight is 619 g/mol. The summed E-state index contributed by atoms with van der Waals surface area (Å²) < 4.78 is 13.9. The molecule has 41 heavy (non-hydrogen) atoms. The van der Waals surface area contributed by atoms with E-state index in [1.54, 1.807) is 6.08 Å². The Balaban J connectivity index is 0. The predicted molar refractivity (Wildman–Crippen MR) is 171 cm³/mol. The van der Waals surface area contributed by atoms with Gasteiger partial charge in [-0.1, -0.05) is 83.0 Å². The van der Waals surface area contributed by atoms with Gasteiger partial charge in [0.2, 0.25) is 12.8 Å². The highest BCUT2D eigenvalue weighted by Gasteiger charge is 2.29. The van der Waals surface area contributed by atoms with Crippen LogP contribution < -0.4 is 16.0 Å². The van der Waals surface area contributed by atoms with Gasteiger partial charge in [0.05, 0.1) is 11.1 Å². The van der Waals surface area contributed by atoms with E-state index in [1.165, 1.54) is 12.1 Å². The number of benzene rings is 1. The molecule has 0 bridgehead atoms. The minimum absolute atomic E-state index is 0.0117. The molecule has 0 spiro atoms. The summed E-state index contributed by atoms with van der Waals surface area (Å²) in [6.45, 7) is 16.5. The van der Waals surface area contributed by atoms with Crippen molar-refractivity contribution in [2.24, 2.45) is 11.3 Å². The average Bonchev–Trinajstić information content (AvgIpc) is 3.38. The third-order valence-corrected chi connectivity index (χ3v) is 5.63. The molecule has 0 saturated carbocycles. The van der Waals surface area contributed by atoms with Crippen molar-refractivity contribution in [2.75, 3.05) is 31.6 Å². The Morgan fingerprint density at radius 3 is 2.34 bits per heavy atom. The first-order valence-corrected chi connectivity index (χ1v) is 14.7. The van der Waals surface area contributed by atoms with Crippen LogP contribution in [0.1, 0.15) is 72.8 Å². The largest absolute Gasteiger partial charge is 0.396 e. The number of rotatable bonds is 12. The Morgan fingerprint density at radius 2 is 1.80 bits per heavy atom. The van der Waals surface area contributed by atoms with Gasteiger partial charge in [-0.2, -0.15) is 0 Å². The molecular formula is C31H50Cl2FN3O4. The quantitative estimate of drug-likeness (QED) is 0.104. The summed E-state index contributed by atoms with van der Waals surface area (Å²) in [4.78, 5) is 20.5. The molecule has 0 radical (unpaired) electrons. The number of aliphatic hydroxyl groups excluding tert-OH is 2. The Hall–Kier alpha value is -2.23. The van der Waals surface area contributed by atoms with Crippen molar-refractivity contribution < 1.29 is 24.2 Å². The number of anilines is 1. The maximum absolute atomic E-state index is 13.9. The van der Waals surface area contributed by atoms with Crippen LogP contribution in [-0.2, 0) is 9.59 Å². The summed E-state index contributed by atoms with van der Waals surface area (Å²) in [7, 11) is 0. The summed E-state index contributed by atoms with van der Waals surface area (Å²) in [6.07, 6.45) is 10.9. The van der Waals surface area contributed by atoms with E-state index in [-0.39, 0.29) is 23.5 Å². The van der Waals surface area contributed by atoms with E-state index in [4.69, 9.17) is 33.4 Å². The molecule has 10 heteroatoms. The summed E-state index contributed by atoms with van der Waals surface area (Å²) in [6, 6.07) is 2.84. The molecule has 7 nitrogen and oxygen atoms in total. The van der Waals surface area contributed by atoms with Gasteiger partial charge in [0.1, 0.15) is 5.82 Å². The second-order valence-electron chi connectivity index (χ2n) is 10.5. The van der Waals surface area contributed by atoms with Gasteiger partial charge in [0.25, 0.3) is 0 Å².